The minimum Gasteiger partial charge on any atom is -0.351 e. The van der Waals surface area contributed by atoms with Crippen molar-refractivity contribution in [3.8, 4) is 0 Å². The molecule has 156 valence electrons. The van der Waals surface area contributed by atoms with Gasteiger partial charge >= 0.3 is 0 Å². The molecular weight excluding hydrogens is 380 g/mol. The first-order valence-electron chi connectivity index (χ1n) is 9.69. The maximum absolute atomic E-state index is 12.6. The van der Waals surface area contributed by atoms with Gasteiger partial charge in [0.15, 0.2) is 13.1 Å². The molecule has 2 rings (SSSR count). The monoisotopic (exact) mass is 411 g/mol. The molecule has 1 unspecified atom stereocenters. The molecule has 1 saturated heterocycles. The number of hydrogen-bond donors (Lipinski definition) is 2. The Hall–Kier alpha value is -1.97. The number of rotatable bonds is 9. The van der Waals surface area contributed by atoms with Crippen LogP contribution in [0.2, 0.25) is 0 Å². The molecule has 0 radical (unpaired) electrons. The molecule has 1 aromatic carbocycles. The number of benzene rings is 1. The van der Waals surface area contributed by atoms with Crippen LogP contribution >= 0.6 is 0 Å². The minimum atomic E-state index is -3.40. The molecule has 0 aromatic heterocycles. The van der Waals surface area contributed by atoms with Gasteiger partial charge in [0.2, 0.25) is 10.0 Å². The molecule has 0 spiro atoms. The highest BCUT2D eigenvalue weighted by Crippen LogP contribution is 2.13. The molecule has 28 heavy (non-hydrogen) atoms. The van der Waals surface area contributed by atoms with E-state index in [1.807, 2.05) is 32.2 Å². The van der Waals surface area contributed by atoms with Gasteiger partial charge in [-0.05, 0) is 12.0 Å². The third-order valence-electron chi connectivity index (χ3n) is 4.66. The van der Waals surface area contributed by atoms with Crippen LogP contribution in [-0.4, -0.2) is 82.3 Å². The molecule has 1 aromatic rings. The number of nitrogens with one attached hydrogen (secondary N) is 2. The van der Waals surface area contributed by atoms with Crippen molar-refractivity contribution in [3.63, 3.8) is 0 Å². The summed E-state index contributed by atoms with van der Waals surface area (Å²) in [5.74, 6) is -0.147. The van der Waals surface area contributed by atoms with Crippen LogP contribution in [0.3, 0.4) is 0 Å². The zero-order valence-corrected chi connectivity index (χ0v) is 17.5. The third-order valence-corrected chi connectivity index (χ3v) is 6.51. The second kappa shape index (κ2) is 10.5. The number of likely N-dealkylation sites (N-methyl/N-ethyl adjacent to an activating group) is 1. The Kier molecular flexibility index (Phi) is 8.40. The highest BCUT2D eigenvalue weighted by atomic mass is 32.2. The van der Waals surface area contributed by atoms with Gasteiger partial charge in [-0.15, -0.1) is 0 Å². The Bertz CT molecular complexity index is 746. The smallest absolute Gasteiger partial charge is 0.277 e. The number of amides is 2. The zero-order chi connectivity index (χ0) is 20.6. The first-order valence-corrected chi connectivity index (χ1v) is 11.3. The zero-order valence-electron chi connectivity index (χ0n) is 16.7. The summed E-state index contributed by atoms with van der Waals surface area (Å²) in [5, 5.41) is 2.80. The fourth-order valence-electron chi connectivity index (χ4n) is 3.13. The number of quaternary nitrogens is 1. The normalized spacial score (nSPS) is 16.6. The number of sulfonamides is 1. The lowest BCUT2D eigenvalue weighted by atomic mass is 10.2. The Morgan fingerprint density at radius 3 is 2.32 bits per heavy atom. The average Bonchev–Trinajstić information content (AvgIpc) is 2.66. The SMILES string of the molecule is CCCNC(=O)C[NH+](C)CC(=O)N1CCN(S(=O)(=O)Cc2ccccc2)CC1. The molecule has 1 atom stereocenters. The molecule has 2 amide bonds. The summed E-state index contributed by atoms with van der Waals surface area (Å²) < 4.78 is 26.6. The van der Waals surface area contributed by atoms with Crippen LogP contribution < -0.4 is 10.2 Å². The number of carbonyl (C=O) groups excluding carboxylic acids is 2. The summed E-state index contributed by atoms with van der Waals surface area (Å²) in [6.45, 7) is 4.45. The van der Waals surface area contributed by atoms with Gasteiger partial charge < -0.3 is 15.1 Å². The lowest BCUT2D eigenvalue weighted by molar-refractivity contribution is -0.863. The molecule has 0 saturated carbocycles. The van der Waals surface area contributed by atoms with Crippen molar-refractivity contribution in [1.82, 2.24) is 14.5 Å². The van der Waals surface area contributed by atoms with E-state index >= 15 is 0 Å². The first kappa shape index (κ1) is 22.3. The average molecular weight is 412 g/mol. The highest BCUT2D eigenvalue weighted by Gasteiger charge is 2.30. The lowest BCUT2D eigenvalue weighted by Crippen LogP contribution is -3.11. The molecule has 2 N–H and O–H groups in total. The number of hydrogen-bond acceptors (Lipinski definition) is 4. The van der Waals surface area contributed by atoms with Crippen LogP contribution in [0.1, 0.15) is 18.9 Å². The van der Waals surface area contributed by atoms with E-state index in [0.29, 0.717) is 32.7 Å². The van der Waals surface area contributed by atoms with Crippen molar-refractivity contribution in [3.05, 3.63) is 35.9 Å². The van der Waals surface area contributed by atoms with E-state index in [2.05, 4.69) is 5.32 Å². The minimum absolute atomic E-state index is 0.0262. The molecule has 1 fully saturated rings. The fourth-order valence-corrected chi connectivity index (χ4v) is 4.64. The molecule has 0 bridgehead atoms. The number of nitrogens with zero attached hydrogens (tertiary/aromatic N) is 2. The van der Waals surface area contributed by atoms with Gasteiger partial charge in [-0.3, -0.25) is 9.59 Å². The van der Waals surface area contributed by atoms with Crippen molar-refractivity contribution in [2.45, 2.75) is 19.1 Å². The van der Waals surface area contributed by atoms with Crippen LogP contribution in [0, 0.1) is 0 Å². The second-order valence-electron chi connectivity index (χ2n) is 7.18. The first-order chi connectivity index (χ1) is 13.3. The molecule has 1 aliphatic heterocycles. The van der Waals surface area contributed by atoms with Crippen molar-refractivity contribution >= 4 is 21.8 Å². The number of piperazine rings is 1. The lowest BCUT2D eigenvalue weighted by Gasteiger charge is -2.34. The largest absolute Gasteiger partial charge is 0.351 e. The van der Waals surface area contributed by atoms with Gasteiger partial charge in [-0.25, -0.2) is 8.42 Å². The summed E-state index contributed by atoms with van der Waals surface area (Å²) in [6, 6.07) is 9.10. The van der Waals surface area contributed by atoms with Crippen molar-refractivity contribution in [1.29, 1.82) is 0 Å². The number of carbonyl (C=O) groups is 2. The summed E-state index contributed by atoms with van der Waals surface area (Å²) in [6.07, 6.45) is 0.876. The van der Waals surface area contributed by atoms with Crippen LogP contribution in [0.4, 0.5) is 0 Å². The van der Waals surface area contributed by atoms with Crippen LogP contribution in [0.5, 0.6) is 0 Å². The highest BCUT2D eigenvalue weighted by molar-refractivity contribution is 7.88. The van der Waals surface area contributed by atoms with Gasteiger partial charge in [0.1, 0.15) is 0 Å². The van der Waals surface area contributed by atoms with Crippen molar-refractivity contribution in [2.24, 2.45) is 0 Å². The van der Waals surface area contributed by atoms with E-state index in [0.717, 1.165) is 16.9 Å². The van der Waals surface area contributed by atoms with E-state index in [1.54, 1.807) is 17.0 Å². The predicted octanol–water partition coefficient (Wildman–Crippen LogP) is -1.30. The van der Waals surface area contributed by atoms with E-state index in [-0.39, 0.29) is 30.7 Å². The molecular formula is C19H31N4O4S+. The third kappa shape index (κ3) is 6.88. The van der Waals surface area contributed by atoms with Gasteiger partial charge in [0.25, 0.3) is 11.8 Å². The summed E-state index contributed by atoms with van der Waals surface area (Å²) >= 11 is 0. The van der Waals surface area contributed by atoms with Crippen LogP contribution in [0.15, 0.2) is 30.3 Å². The van der Waals surface area contributed by atoms with E-state index in [1.165, 1.54) is 4.31 Å². The maximum Gasteiger partial charge on any atom is 0.277 e. The molecule has 9 heteroatoms. The Morgan fingerprint density at radius 1 is 1.07 bits per heavy atom. The van der Waals surface area contributed by atoms with Crippen molar-refractivity contribution < 1.29 is 22.9 Å². The standard InChI is InChI=1S/C19H30N4O4S/c1-3-9-20-18(24)14-21(2)15-19(25)22-10-12-23(13-11-22)28(26,27)16-17-7-5-4-6-8-17/h4-8H,3,9-16H2,1-2H3,(H,20,24)/p+1. The quantitative estimate of drug-likeness (QED) is 0.529. The topological polar surface area (TPSA) is 91.2 Å². The van der Waals surface area contributed by atoms with Gasteiger partial charge in [-0.2, -0.15) is 4.31 Å². The van der Waals surface area contributed by atoms with E-state index < -0.39 is 10.0 Å². The molecule has 0 aliphatic carbocycles. The summed E-state index contributed by atoms with van der Waals surface area (Å²) in [7, 11) is -1.59. The Balaban J connectivity index is 1.79. The van der Waals surface area contributed by atoms with Gasteiger partial charge in [-0.1, -0.05) is 37.3 Å². The Labute approximate surface area is 167 Å². The van der Waals surface area contributed by atoms with Crippen LogP contribution in [0.25, 0.3) is 0 Å². The van der Waals surface area contributed by atoms with Gasteiger partial charge in [0, 0.05) is 32.7 Å². The van der Waals surface area contributed by atoms with E-state index in [4.69, 9.17) is 0 Å². The van der Waals surface area contributed by atoms with Crippen molar-refractivity contribution in [2.75, 3.05) is 52.9 Å². The predicted molar refractivity (Wildman–Crippen MR) is 107 cm³/mol. The van der Waals surface area contributed by atoms with Crippen LogP contribution in [-0.2, 0) is 25.4 Å². The Morgan fingerprint density at radius 2 is 1.71 bits per heavy atom. The molecule has 8 nitrogen and oxygen atoms in total. The molecule has 1 aliphatic rings. The fraction of sp³-hybridized carbons (Fsp3) is 0.579. The summed E-state index contributed by atoms with van der Waals surface area (Å²) in [5.41, 5.74) is 0.757. The maximum atomic E-state index is 12.6. The van der Waals surface area contributed by atoms with E-state index in [9.17, 15) is 18.0 Å². The van der Waals surface area contributed by atoms with Gasteiger partial charge in [0.05, 0.1) is 12.8 Å². The molecule has 1 heterocycles. The second-order valence-corrected chi connectivity index (χ2v) is 9.15. The summed E-state index contributed by atoms with van der Waals surface area (Å²) in [4.78, 5) is 26.7.